The molecule has 1 aromatic heterocycles. The molecule has 1 aromatic carbocycles. The lowest BCUT2D eigenvalue weighted by molar-refractivity contribution is -0.126. The van der Waals surface area contributed by atoms with Crippen molar-refractivity contribution in [2.75, 3.05) is 24.6 Å². The summed E-state index contributed by atoms with van der Waals surface area (Å²) in [6.45, 7) is 4.38. The first-order valence-corrected chi connectivity index (χ1v) is 9.83. The maximum atomic E-state index is 12.8. The molecule has 1 aliphatic heterocycles. The Morgan fingerprint density at radius 2 is 2.04 bits per heavy atom. The van der Waals surface area contributed by atoms with E-state index in [0.29, 0.717) is 6.54 Å². The second-order valence-electron chi connectivity index (χ2n) is 5.56. The van der Waals surface area contributed by atoms with Crippen molar-refractivity contribution >= 4 is 29.0 Å². The van der Waals surface area contributed by atoms with Crippen molar-refractivity contribution < 1.29 is 4.79 Å². The van der Waals surface area contributed by atoms with Crippen LogP contribution >= 0.6 is 23.1 Å². The van der Waals surface area contributed by atoms with Crippen LogP contribution in [0.15, 0.2) is 35.7 Å². The molecule has 0 aliphatic carbocycles. The lowest BCUT2D eigenvalue weighted by atomic mass is 10.0. The van der Waals surface area contributed by atoms with Gasteiger partial charge in [-0.1, -0.05) is 30.3 Å². The first-order chi connectivity index (χ1) is 11.2. The van der Waals surface area contributed by atoms with Gasteiger partial charge in [-0.15, -0.1) is 11.3 Å². The second-order valence-corrected chi connectivity index (χ2v) is 7.73. The molecule has 1 unspecified atom stereocenters. The van der Waals surface area contributed by atoms with Gasteiger partial charge >= 0.3 is 0 Å². The predicted octanol–water partition coefficient (Wildman–Crippen LogP) is 2.86. The first-order valence-electron chi connectivity index (χ1n) is 7.79. The van der Waals surface area contributed by atoms with Gasteiger partial charge in [-0.3, -0.25) is 9.69 Å². The highest BCUT2D eigenvalue weighted by atomic mass is 32.2. The Morgan fingerprint density at radius 3 is 2.70 bits per heavy atom. The summed E-state index contributed by atoms with van der Waals surface area (Å²) in [4.78, 5) is 19.5. The Morgan fingerprint density at radius 1 is 1.30 bits per heavy atom. The Bertz CT molecular complexity index is 638. The van der Waals surface area contributed by atoms with Gasteiger partial charge in [-0.25, -0.2) is 4.98 Å². The predicted molar refractivity (Wildman–Crippen MR) is 96.8 cm³/mol. The Kier molecular flexibility index (Phi) is 5.70. The van der Waals surface area contributed by atoms with E-state index in [2.05, 4.69) is 15.2 Å². The van der Waals surface area contributed by atoms with E-state index in [1.165, 1.54) is 0 Å². The molecule has 4 nitrogen and oxygen atoms in total. The molecule has 23 heavy (non-hydrogen) atoms. The van der Waals surface area contributed by atoms with Crippen LogP contribution in [0.1, 0.15) is 22.3 Å². The van der Waals surface area contributed by atoms with Gasteiger partial charge in [0.25, 0.3) is 0 Å². The van der Waals surface area contributed by atoms with Crippen molar-refractivity contribution in [3.8, 4) is 0 Å². The lowest BCUT2D eigenvalue weighted by Gasteiger charge is -2.33. The number of nitrogens with one attached hydrogen (secondary N) is 1. The molecule has 0 saturated carbocycles. The summed E-state index contributed by atoms with van der Waals surface area (Å²) < 4.78 is 0. The van der Waals surface area contributed by atoms with E-state index in [-0.39, 0.29) is 11.9 Å². The lowest BCUT2D eigenvalue weighted by Crippen LogP contribution is -2.44. The summed E-state index contributed by atoms with van der Waals surface area (Å²) in [5, 5.41) is 6.04. The summed E-state index contributed by atoms with van der Waals surface area (Å²) in [5.74, 6) is 2.24. The maximum Gasteiger partial charge on any atom is 0.242 e. The number of hydrogen-bond acceptors (Lipinski definition) is 5. The summed E-state index contributed by atoms with van der Waals surface area (Å²) in [5.41, 5.74) is 2.07. The fourth-order valence-corrected chi connectivity index (χ4v) is 4.39. The van der Waals surface area contributed by atoms with Gasteiger partial charge in [0.15, 0.2) is 0 Å². The molecule has 3 rings (SSSR count). The maximum absolute atomic E-state index is 12.8. The highest BCUT2D eigenvalue weighted by Crippen LogP contribution is 2.24. The molecule has 1 aliphatic rings. The molecule has 1 saturated heterocycles. The Balaban J connectivity index is 1.72. The van der Waals surface area contributed by atoms with Crippen molar-refractivity contribution in [2.24, 2.45) is 0 Å². The molecule has 122 valence electrons. The molecule has 1 fully saturated rings. The first kappa shape index (κ1) is 16.5. The van der Waals surface area contributed by atoms with E-state index >= 15 is 0 Å². The zero-order valence-electron chi connectivity index (χ0n) is 13.2. The zero-order chi connectivity index (χ0) is 16.1. The third-order valence-corrected chi connectivity index (χ3v) is 5.76. The molecule has 6 heteroatoms. The number of aromatic nitrogens is 1. The number of nitrogens with zero attached hydrogens (tertiary/aromatic N) is 2. The fourth-order valence-electron chi connectivity index (χ4n) is 2.74. The Labute approximate surface area is 145 Å². The fraction of sp³-hybridized carbons (Fsp3) is 0.412. The number of benzene rings is 1. The molecule has 1 atom stereocenters. The molecule has 2 aromatic rings. The van der Waals surface area contributed by atoms with Crippen LogP contribution in [0, 0.1) is 6.92 Å². The van der Waals surface area contributed by atoms with Gasteiger partial charge in [0.2, 0.25) is 5.91 Å². The summed E-state index contributed by atoms with van der Waals surface area (Å²) in [6, 6.07) is 9.86. The molecule has 1 amide bonds. The van der Waals surface area contributed by atoms with E-state index in [0.717, 1.165) is 40.9 Å². The van der Waals surface area contributed by atoms with Crippen LogP contribution in [0.25, 0.3) is 0 Å². The minimum absolute atomic E-state index is 0.0657. The van der Waals surface area contributed by atoms with E-state index < -0.39 is 0 Å². The van der Waals surface area contributed by atoms with Crippen molar-refractivity contribution in [1.29, 1.82) is 0 Å². The molecule has 2 heterocycles. The standard InChI is InChI=1S/C17H21N3OS2/c1-13-12-23-15(19-13)11-18-17(21)16(14-5-3-2-4-6-14)20-7-9-22-10-8-20/h2-6,12,16H,7-11H2,1H3,(H,18,21). The topological polar surface area (TPSA) is 45.2 Å². The van der Waals surface area contributed by atoms with Crippen LogP contribution in [-0.2, 0) is 11.3 Å². The SMILES string of the molecule is Cc1csc(CNC(=O)C(c2ccccc2)N2CCSCC2)n1. The van der Waals surface area contributed by atoms with Gasteiger partial charge in [-0.05, 0) is 12.5 Å². The third kappa shape index (κ3) is 4.34. The van der Waals surface area contributed by atoms with Crippen LogP contribution in [0.4, 0.5) is 0 Å². The third-order valence-electron chi connectivity index (χ3n) is 3.85. The van der Waals surface area contributed by atoms with Crippen molar-refractivity contribution in [1.82, 2.24) is 15.2 Å². The number of carbonyl (C=O) groups excluding carboxylic acids is 1. The average molecular weight is 348 g/mol. The van der Waals surface area contributed by atoms with Crippen molar-refractivity contribution in [3.63, 3.8) is 0 Å². The number of hydrogen-bond donors (Lipinski definition) is 1. The number of carbonyl (C=O) groups is 1. The van der Waals surface area contributed by atoms with Gasteiger partial charge < -0.3 is 5.32 Å². The van der Waals surface area contributed by atoms with E-state index in [1.807, 2.05) is 54.4 Å². The van der Waals surface area contributed by atoms with Crippen molar-refractivity contribution in [3.05, 3.63) is 52.0 Å². The van der Waals surface area contributed by atoms with E-state index in [9.17, 15) is 4.79 Å². The normalized spacial score (nSPS) is 16.9. The quantitative estimate of drug-likeness (QED) is 0.903. The van der Waals surface area contributed by atoms with Crippen LogP contribution in [0.2, 0.25) is 0 Å². The minimum atomic E-state index is -0.210. The number of thiazole rings is 1. The number of rotatable bonds is 5. The molecular formula is C17H21N3OS2. The minimum Gasteiger partial charge on any atom is -0.348 e. The average Bonchev–Trinajstić information content (AvgIpc) is 3.01. The number of aryl methyl sites for hydroxylation is 1. The second kappa shape index (κ2) is 7.95. The van der Waals surface area contributed by atoms with Crippen LogP contribution < -0.4 is 5.32 Å². The Hall–Kier alpha value is -1.37. The summed E-state index contributed by atoms with van der Waals surface area (Å²) >= 11 is 3.55. The van der Waals surface area contributed by atoms with E-state index in [4.69, 9.17) is 0 Å². The molecule has 0 spiro atoms. The van der Waals surface area contributed by atoms with Crippen LogP contribution in [0.3, 0.4) is 0 Å². The highest BCUT2D eigenvalue weighted by Gasteiger charge is 2.28. The smallest absolute Gasteiger partial charge is 0.242 e. The van der Waals surface area contributed by atoms with Gasteiger partial charge in [0, 0.05) is 35.7 Å². The summed E-state index contributed by atoms with van der Waals surface area (Å²) in [7, 11) is 0. The van der Waals surface area contributed by atoms with Crippen LogP contribution in [-0.4, -0.2) is 40.4 Å². The van der Waals surface area contributed by atoms with E-state index in [1.54, 1.807) is 11.3 Å². The molecule has 0 radical (unpaired) electrons. The highest BCUT2D eigenvalue weighted by molar-refractivity contribution is 7.99. The monoisotopic (exact) mass is 347 g/mol. The molecule has 0 bridgehead atoms. The van der Waals surface area contributed by atoms with Crippen LogP contribution in [0.5, 0.6) is 0 Å². The molecular weight excluding hydrogens is 326 g/mol. The molecule has 1 N–H and O–H groups in total. The van der Waals surface area contributed by atoms with Gasteiger partial charge in [0.1, 0.15) is 11.0 Å². The zero-order valence-corrected chi connectivity index (χ0v) is 14.8. The van der Waals surface area contributed by atoms with Crippen molar-refractivity contribution in [2.45, 2.75) is 19.5 Å². The number of amides is 1. The van der Waals surface area contributed by atoms with Gasteiger partial charge in [0.05, 0.1) is 6.54 Å². The summed E-state index contributed by atoms with van der Waals surface area (Å²) in [6.07, 6.45) is 0. The largest absolute Gasteiger partial charge is 0.348 e. The number of thioether (sulfide) groups is 1. The van der Waals surface area contributed by atoms with Gasteiger partial charge in [-0.2, -0.15) is 11.8 Å².